The monoisotopic (exact) mass is 152 g/mol. The summed E-state index contributed by atoms with van der Waals surface area (Å²) in [5.74, 6) is -1.69. The molecule has 0 aromatic heterocycles. The molecule has 0 aliphatic carbocycles. The van der Waals surface area contributed by atoms with Crippen LogP contribution in [0.4, 0.5) is 0 Å². The molecule has 0 radical (unpaired) electrons. The average molecular weight is 152 g/mol. The van der Waals surface area contributed by atoms with Crippen molar-refractivity contribution in [3.05, 3.63) is 12.7 Å². The predicted octanol–water partition coefficient (Wildman–Crippen LogP) is 0.305. The van der Waals surface area contributed by atoms with Crippen LogP contribution in [0.2, 0.25) is 5.09 Å². The Bertz CT molecular complexity index is 144. The first-order chi connectivity index (χ1) is 5.04. The third-order valence-electron chi connectivity index (χ3n) is 0.638. The molecule has 0 aliphatic rings. The molecule has 5 heteroatoms. The Morgan fingerprint density at radius 3 is 1.82 bits per heavy atom. The second-order valence-electron chi connectivity index (χ2n) is 1.69. The summed E-state index contributed by atoms with van der Waals surface area (Å²) < 4.78 is 0. The molecule has 0 amide bonds. The van der Waals surface area contributed by atoms with E-state index in [0.29, 0.717) is 6.42 Å². The number of rotatable bonds is 3. The van der Waals surface area contributed by atoms with Crippen LogP contribution in [0.15, 0.2) is 12.7 Å². The Kier molecular flexibility index (Phi) is 10.9. The molecule has 0 spiro atoms. The van der Waals surface area contributed by atoms with Gasteiger partial charge in [0.15, 0.2) is 0 Å². The standard InChI is InChI=1S/C3H5O2.C3H4O2.Li/c2*1-2-3(4)5;/h1-2H2,(H,4,5);2H,1H2,(H,4,5);. The normalized spacial score (nSPS) is 7.45. The van der Waals surface area contributed by atoms with Crippen molar-refractivity contribution >= 4 is 29.7 Å². The van der Waals surface area contributed by atoms with E-state index in [-0.39, 0.29) is 0 Å². The Balaban J connectivity index is 0. The third kappa shape index (κ3) is 26.9. The Morgan fingerprint density at radius 1 is 1.45 bits per heavy atom. The van der Waals surface area contributed by atoms with Gasteiger partial charge in [0.1, 0.15) is 0 Å². The molecule has 0 fully saturated rings. The van der Waals surface area contributed by atoms with Crippen LogP contribution in [0.3, 0.4) is 0 Å². The summed E-state index contributed by atoms with van der Waals surface area (Å²) in [6.45, 7) is 2.96. The molecule has 4 nitrogen and oxygen atoms in total. The van der Waals surface area contributed by atoms with Gasteiger partial charge in [-0.3, -0.25) is 0 Å². The molecule has 0 bridgehead atoms. The van der Waals surface area contributed by atoms with E-state index < -0.39 is 11.9 Å². The molecule has 0 unspecified atom stereocenters. The van der Waals surface area contributed by atoms with Crippen LogP contribution in [0.5, 0.6) is 0 Å². The molecule has 11 heavy (non-hydrogen) atoms. The first-order valence-corrected chi connectivity index (χ1v) is 3.11. The zero-order valence-electron chi connectivity index (χ0n) is 6.41. The van der Waals surface area contributed by atoms with E-state index >= 15 is 0 Å². The summed E-state index contributed by atoms with van der Waals surface area (Å²) in [5, 5.41) is 16.2. The van der Waals surface area contributed by atoms with E-state index in [4.69, 9.17) is 10.2 Å². The number of hydrogen-bond acceptors (Lipinski definition) is 2. The minimum atomic E-state index is -0.981. The first kappa shape index (κ1) is 12.9. The van der Waals surface area contributed by atoms with Crippen molar-refractivity contribution in [2.24, 2.45) is 0 Å². The van der Waals surface area contributed by atoms with Gasteiger partial charge in [0.25, 0.3) is 0 Å². The van der Waals surface area contributed by atoms with Crippen molar-refractivity contribution in [3.8, 4) is 0 Å². The SMILES string of the molecule is C=CC(=O)O.[Li][CH2]CC(=O)O. The van der Waals surface area contributed by atoms with Crippen molar-refractivity contribution in [1.29, 1.82) is 0 Å². The fourth-order valence-electron chi connectivity index (χ4n) is 0.214. The Hall–Kier alpha value is -0.723. The summed E-state index contributed by atoms with van der Waals surface area (Å²) in [7, 11) is 0. The molecule has 0 saturated carbocycles. The van der Waals surface area contributed by atoms with Gasteiger partial charge in [-0.05, 0) is 0 Å². The van der Waals surface area contributed by atoms with Crippen molar-refractivity contribution in [3.63, 3.8) is 0 Å². The van der Waals surface area contributed by atoms with E-state index in [0.717, 1.165) is 11.2 Å². The molecule has 0 heterocycles. The van der Waals surface area contributed by atoms with Crippen LogP contribution in [0, 0.1) is 0 Å². The second-order valence-corrected chi connectivity index (χ2v) is 1.69. The number of carbonyl (C=O) groups is 2. The number of carboxylic acid groups (broad SMARTS) is 2. The van der Waals surface area contributed by atoms with Crippen molar-refractivity contribution in [2.75, 3.05) is 0 Å². The van der Waals surface area contributed by atoms with Gasteiger partial charge < -0.3 is 5.11 Å². The average Bonchev–Trinajstić information content (AvgIpc) is 1.89. The van der Waals surface area contributed by atoms with Crippen LogP contribution in [0.1, 0.15) is 6.42 Å². The Morgan fingerprint density at radius 2 is 1.82 bits per heavy atom. The van der Waals surface area contributed by atoms with Crippen LogP contribution >= 0.6 is 0 Å². The summed E-state index contributed by atoms with van der Waals surface area (Å²) in [4.78, 5) is 18.8. The predicted molar refractivity (Wildman–Crippen MR) is 40.6 cm³/mol. The molecule has 58 valence electrons. The van der Waals surface area contributed by atoms with Crippen molar-refractivity contribution in [1.82, 2.24) is 0 Å². The maximum absolute atomic E-state index is 9.60. The molecule has 0 atom stereocenters. The zero-order valence-corrected chi connectivity index (χ0v) is 6.41. The molecular weight excluding hydrogens is 143 g/mol. The van der Waals surface area contributed by atoms with Crippen molar-refractivity contribution in [2.45, 2.75) is 11.5 Å². The molecule has 0 saturated heterocycles. The van der Waals surface area contributed by atoms with E-state index in [9.17, 15) is 9.59 Å². The molecule has 0 aliphatic heterocycles. The third-order valence-corrected chi connectivity index (χ3v) is 0.638. The van der Waals surface area contributed by atoms with E-state index in [1.54, 1.807) is 0 Å². The van der Waals surface area contributed by atoms with Crippen molar-refractivity contribution < 1.29 is 19.8 Å². The van der Waals surface area contributed by atoms with Crippen LogP contribution in [0.25, 0.3) is 0 Å². The zero-order chi connectivity index (χ0) is 9.28. The minimum absolute atomic E-state index is 0.292. The van der Waals surface area contributed by atoms with Crippen LogP contribution < -0.4 is 0 Å². The molecule has 0 aromatic rings. The van der Waals surface area contributed by atoms with Gasteiger partial charge in [-0.25, -0.2) is 4.79 Å². The number of hydrogen-bond donors (Lipinski definition) is 2. The van der Waals surface area contributed by atoms with Gasteiger partial charge in [-0.15, -0.1) is 0 Å². The van der Waals surface area contributed by atoms with Gasteiger partial charge in [0.05, 0.1) is 0 Å². The molecule has 0 aromatic carbocycles. The topological polar surface area (TPSA) is 74.6 Å². The van der Waals surface area contributed by atoms with E-state index in [1.807, 2.05) is 17.7 Å². The second kappa shape index (κ2) is 9.28. The van der Waals surface area contributed by atoms with Crippen LogP contribution in [-0.4, -0.2) is 39.9 Å². The van der Waals surface area contributed by atoms with Gasteiger partial charge >= 0.3 is 51.1 Å². The fourth-order valence-corrected chi connectivity index (χ4v) is 0.214. The van der Waals surface area contributed by atoms with Gasteiger partial charge in [-0.2, -0.15) is 0 Å². The van der Waals surface area contributed by atoms with E-state index in [1.165, 1.54) is 0 Å². The quantitative estimate of drug-likeness (QED) is 0.450. The molecule has 2 N–H and O–H groups in total. The summed E-state index contributed by atoms with van der Waals surface area (Å²) in [6.07, 6.45) is 1.12. The summed E-state index contributed by atoms with van der Waals surface area (Å²) >= 11 is 1.84. The van der Waals surface area contributed by atoms with Gasteiger partial charge in [0, 0.05) is 6.08 Å². The summed E-state index contributed by atoms with van der Waals surface area (Å²) in [5.41, 5.74) is 0. The van der Waals surface area contributed by atoms with Gasteiger partial charge in [0.2, 0.25) is 0 Å². The number of carboxylic acids is 2. The van der Waals surface area contributed by atoms with Crippen LogP contribution in [-0.2, 0) is 9.59 Å². The fraction of sp³-hybridized carbons (Fsp3) is 0.333. The summed E-state index contributed by atoms with van der Waals surface area (Å²) in [6, 6.07) is 0. The number of aliphatic carboxylic acids is 2. The Labute approximate surface area is 74.1 Å². The molecule has 0 rings (SSSR count). The van der Waals surface area contributed by atoms with Gasteiger partial charge in [-0.1, -0.05) is 6.58 Å². The van der Waals surface area contributed by atoms with E-state index in [2.05, 4.69) is 6.58 Å². The first-order valence-electron chi connectivity index (χ1n) is 3.11. The maximum atomic E-state index is 9.60. The molecular formula is C6H9LiO4.